The van der Waals surface area contributed by atoms with Crippen LogP contribution in [-0.2, 0) is 42.8 Å². The highest BCUT2D eigenvalue weighted by molar-refractivity contribution is 6.33. The summed E-state index contributed by atoms with van der Waals surface area (Å²) in [5.41, 5.74) is -0.831. The van der Waals surface area contributed by atoms with Gasteiger partial charge >= 0.3 is 12.1 Å². The third-order valence-electron chi connectivity index (χ3n) is 5.24. The standard InChI is InChI=1S/C23H38N2O10/c1-12(26)24-16(13(10-14(27)19(28)30-9)25-20(29)35-21(2,3)4)18-17(33-23(7,8)34-18)15-11-31-22(5,6)32-15/h13,15-18H,10-11H2,1-9H3,(H,24,26)(H,25,29)/t13-,15+,16+,17+,18+/m0/s1. The zero-order valence-corrected chi connectivity index (χ0v) is 21.9. The van der Waals surface area contributed by atoms with E-state index >= 15 is 0 Å². The molecule has 0 aromatic rings. The largest absolute Gasteiger partial charge is 0.463 e. The minimum Gasteiger partial charge on any atom is -0.463 e. The molecule has 35 heavy (non-hydrogen) atoms. The number of hydrogen-bond donors (Lipinski definition) is 2. The number of ether oxygens (including phenoxy) is 6. The summed E-state index contributed by atoms with van der Waals surface area (Å²) in [5.74, 6) is -4.38. The van der Waals surface area contributed by atoms with Crippen molar-refractivity contribution in [2.75, 3.05) is 13.7 Å². The average molecular weight is 503 g/mol. The van der Waals surface area contributed by atoms with Crippen LogP contribution in [-0.4, -0.2) is 85.0 Å². The summed E-state index contributed by atoms with van der Waals surface area (Å²) < 4.78 is 33.8. The van der Waals surface area contributed by atoms with Gasteiger partial charge in [0.1, 0.15) is 23.9 Å². The lowest BCUT2D eigenvalue weighted by molar-refractivity contribution is -0.175. The van der Waals surface area contributed by atoms with Crippen LogP contribution in [0, 0.1) is 0 Å². The van der Waals surface area contributed by atoms with E-state index in [4.69, 9.17) is 23.7 Å². The summed E-state index contributed by atoms with van der Waals surface area (Å²) in [6.07, 6.45) is -3.52. The third-order valence-corrected chi connectivity index (χ3v) is 5.24. The second-order valence-electron chi connectivity index (χ2n) is 10.5. The number of alkyl carbamates (subject to hydrolysis) is 1. The Balaban J connectivity index is 2.43. The maximum absolute atomic E-state index is 12.7. The zero-order chi connectivity index (χ0) is 26.8. The molecular formula is C23H38N2O10. The van der Waals surface area contributed by atoms with Gasteiger partial charge in [0, 0.05) is 13.3 Å². The number of carbonyl (C=O) groups is 4. The topological polar surface area (TPSA) is 148 Å². The number of rotatable bonds is 8. The predicted octanol–water partition coefficient (Wildman–Crippen LogP) is 1.19. The molecule has 12 nitrogen and oxygen atoms in total. The smallest absolute Gasteiger partial charge is 0.407 e. The molecule has 0 saturated carbocycles. The van der Waals surface area contributed by atoms with Crippen LogP contribution in [0.5, 0.6) is 0 Å². The van der Waals surface area contributed by atoms with Gasteiger partial charge in [-0.3, -0.25) is 9.59 Å². The maximum atomic E-state index is 12.7. The van der Waals surface area contributed by atoms with E-state index < -0.39 is 77.7 Å². The van der Waals surface area contributed by atoms with Crippen molar-refractivity contribution in [3.8, 4) is 0 Å². The molecule has 2 amide bonds. The summed E-state index contributed by atoms with van der Waals surface area (Å²) in [7, 11) is 1.08. The molecule has 0 unspecified atom stereocenters. The number of amides is 2. The molecule has 0 bridgehead atoms. The molecule has 2 heterocycles. The van der Waals surface area contributed by atoms with Crippen molar-refractivity contribution in [3.63, 3.8) is 0 Å². The first-order valence-electron chi connectivity index (χ1n) is 11.5. The van der Waals surface area contributed by atoms with E-state index in [1.54, 1.807) is 48.5 Å². The third kappa shape index (κ3) is 8.41. The van der Waals surface area contributed by atoms with Gasteiger partial charge in [-0.05, 0) is 48.5 Å². The lowest BCUT2D eigenvalue weighted by Crippen LogP contribution is -2.61. The Morgan fingerprint density at radius 2 is 1.63 bits per heavy atom. The molecular weight excluding hydrogens is 464 g/mol. The van der Waals surface area contributed by atoms with Gasteiger partial charge in [0.05, 0.1) is 25.8 Å². The molecule has 0 aromatic carbocycles. The summed E-state index contributed by atoms with van der Waals surface area (Å²) in [6.45, 7) is 13.4. The minimum absolute atomic E-state index is 0.200. The van der Waals surface area contributed by atoms with Crippen LogP contribution >= 0.6 is 0 Å². The summed E-state index contributed by atoms with van der Waals surface area (Å²) in [5, 5.41) is 5.36. The molecule has 0 aliphatic carbocycles. The fourth-order valence-electron chi connectivity index (χ4n) is 4.03. The highest BCUT2D eigenvalue weighted by Gasteiger charge is 2.54. The predicted molar refractivity (Wildman–Crippen MR) is 121 cm³/mol. The number of ketones is 1. The maximum Gasteiger partial charge on any atom is 0.407 e. The van der Waals surface area contributed by atoms with Crippen LogP contribution < -0.4 is 10.6 Å². The van der Waals surface area contributed by atoms with E-state index in [1.165, 1.54) is 6.92 Å². The normalized spacial score (nSPS) is 26.9. The quantitative estimate of drug-likeness (QED) is 0.366. The minimum atomic E-state index is -1.11. The molecule has 0 spiro atoms. The van der Waals surface area contributed by atoms with Gasteiger partial charge in [0.2, 0.25) is 11.7 Å². The second-order valence-corrected chi connectivity index (χ2v) is 10.5. The number of esters is 1. The van der Waals surface area contributed by atoms with Crippen LogP contribution in [0.1, 0.15) is 61.8 Å². The van der Waals surface area contributed by atoms with Crippen molar-refractivity contribution in [3.05, 3.63) is 0 Å². The van der Waals surface area contributed by atoms with Crippen LogP contribution in [0.3, 0.4) is 0 Å². The molecule has 2 fully saturated rings. The molecule has 2 saturated heterocycles. The first-order chi connectivity index (χ1) is 15.9. The van der Waals surface area contributed by atoms with E-state index in [-0.39, 0.29) is 6.61 Å². The lowest BCUT2D eigenvalue weighted by atomic mass is 9.92. The number of nitrogens with one attached hydrogen (secondary N) is 2. The van der Waals surface area contributed by atoms with Gasteiger partial charge in [-0.2, -0.15) is 0 Å². The van der Waals surface area contributed by atoms with E-state index in [1.807, 2.05) is 0 Å². The molecule has 0 aromatic heterocycles. The van der Waals surface area contributed by atoms with E-state index in [0.717, 1.165) is 7.11 Å². The molecule has 2 rings (SSSR count). The average Bonchev–Trinajstić information content (AvgIpc) is 3.21. The Morgan fingerprint density at radius 1 is 1.00 bits per heavy atom. The summed E-state index contributed by atoms with van der Waals surface area (Å²) >= 11 is 0. The SMILES string of the molecule is COC(=O)C(=O)C[C@H](NC(=O)OC(C)(C)C)[C@@H](NC(C)=O)[C@H]1OC(C)(C)O[C@@H]1[C@H]1COC(C)(C)O1. The van der Waals surface area contributed by atoms with Gasteiger partial charge in [0.25, 0.3) is 0 Å². The van der Waals surface area contributed by atoms with Gasteiger partial charge < -0.3 is 39.1 Å². The highest BCUT2D eigenvalue weighted by Crippen LogP contribution is 2.37. The van der Waals surface area contributed by atoms with Crippen molar-refractivity contribution in [1.29, 1.82) is 0 Å². The van der Waals surface area contributed by atoms with E-state index in [0.29, 0.717) is 0 Å². The first-order valence-corrected chi connectivity index (χ1v) is 11.5. The van der Waals surface area contributed by atoms with Crippen molar-refractivity contribution < 1.29 is 47.6 Å². The molecule has 0 radical (unpaired) electrons. The van der Waals surface area contributed by atoms with Gasteiger partial charge in [0.15, 0.2) is 11.6 Å². The van der Waals surface area contributed by atoms with Crippen LogP contribution in [0.15, 0.2) is 0 Å². The van der Waals surface area contributed by atoms with Crippen LogP contribution in [0.2, 0.25) is 0 Å². The number of Topliss-reactive ketones (excluding diaryl/α,β-unsaturated/α-hetero) is 1. The van der Waals surface area contributed by atoms with Crippen LogP contribution in [0.4, 0.5) is 4.79 Å². The fraction of sp³-hybridized carbons (Fsp3) is 0.826. The molecule has 200 valence electrons. The first kappa shape index (κ1) is 29.0. The fourth-order valence-corrected chi connectivity index (χ4v) is 4.03. The Kier molecular flexibility index (Phi) is 8.91. The molecule has 2 N–H and O–H groups in total. The highest BCUT2D eigenvalue weighted by atomic mass is 16.8. The Morgan fingerprint density at radius 3 is 2.11 bits per heavy atom. The van der Waals surface area contributed by atoms with Crippen molar-refractivity contribution in [1.82, 2.24) is 10.6 Å². The molecule has 5 atom stereocenters. The Hall–Kier alpha value is -2.28. The van der Waals surface area contributed by atoms with Gasteiger partial charge in [-0.1, -0.05) is 0 Å². The van der Waals surface area contributed by atoms with Crippen molar-refractivity contribution in [2.45, 2.75) is 109 Å². The van der Waals surface area contributed by atoms with Gasteiger partial charge in [-0.25, -0.2) is 9.59 Å². The summed E-state index contributed by atoms with van der Waals surface area (Å²) in [6, 6.07) is -2.12. The van der Waals surface area contributed by atoms with Crippen molar-refractivity contribution in [2.24, 2.45) is 0 Å². The molecule has 2 aliphatic heterocycles. The summed E-state index contributed by atoms with van der Waals surface area (Å²) in [4.78, 5) is 49.3. The molecule has 2 aliphatic rings. The monoisotopic (exact) mass is 502 g/mol. The lowest BCUT2D eigenvalue weighted by Gasteiger charge is -2.35. The number of hydrogen-bond acceptors (Lipinski definition) is 10. The van der Waals surface area contributed by atoms with Crippen LogP contribution in [0.25, 0.3) is 0 Å². The number of methoxy groups -OCH3 is 1. The Labute approximate surface area is 205 Å². The molecule has 12 heteroatoms. The van der Waals surface area contributed by atoms with E-state index in [2.05, 4.69) is 15.4 Å². The zero-order valence-electron chi connectivity index (χ0n) is 21.9. The Bertz CT molecular complexity index is 820. The van der Waals surface area contributed by atoms with E-state index in [9.17, 15) is 19.2 Å². The van der Waals surface area contributed by atoms with Crippen molar-refractivity contribution >= 4 is 23.8 Å². The number of carbonyl (C=O) groups excluding carboxylic acids is 4. The second kappa shape index (κ2) is 10.8. The van der Waals surface area contributed by atoms with Gasteiger partial charge in [-0.15, -0.1) is 0 Å².